The summed E-state index contributed by atoms with van der Waals surface area (Å²) in [6.45, 7) is 0. The molecule has 0 fully saturated rings. The average Bonchev–Trinajstić information content (AvgIpc) is 2.01. The van der Waals surface area contributed by atoms with Crippen molar-refractivity contribution < 1.29 is 23.1 Å². The number of carbonyl (C=O) groups is 1. The van der Waals surface area contributed by atoms with E-state index in [0.29, 0.717) is 0 Å². The average molecular weight is 269 g/mol. The second kappa shape index (κ2) is 3.61. The highest BCUT2D eigenvalue weighted by atomic mass is 79.9. The van der Waals surface area contributed by atoms with E-state index in [9.17, 15) is 18.0 Å². The topological polar surface area (TPSA) is 37.3 Å². The van der Waals surface area contributed by atoms with Gasteiger partial charge in [-0.3, -0.25) is 0 Å². The first-order chi connectivity index (χ1) is 6.34. The summed E-state index contributed by atoms with van der Waals surface area (Å²) in [4.78, 5) is 10.5. The number of rotatable bonds is 1. The van der Waals surface area contributed by atoms with Crippen LogP contribution in [0.4, 0.5) is 13.2 Å². The van der Waals surface area contributed by atoms with E-state index in [2.05, 4.69) is 15.9 Å². The fourth-order valence-electron chi connectivity index (χ4n) is 0.990. The van der Waals surface area contributed by atoms with E-state index < -0.39 is 23.3 Å². The Kier molecular flexibility index (Phi) is 2.84. The fourth-order valence-corrected chi connectivity index (χ4v) is 1.58. The summed E-state index contributed by atoms with van der Waals surface area (Å²) < 4.78 is 36.9. The van der Waals surface area contributed by atoms with Crippen molar-refractivity contribution in [3.63, 3.8) is 0 Å². The predicted molar refractivity (Wildman–Crippen MR) is 46.1 cm³/mol. The zero-order chi connectivity index (χ0) is 10.9. The second-order valence-electron chi connectivity index (χ2n) is 2.47. The van der Waals surface area contributed by atoms with Crippen molar-refractivity contribution in [2.45, 2.75) is 6.18 Å². The van der Waals surface area contributed by atoms with Gasteiger partial charge in [-0.1, -0.05) is 22.0 Å². The molecule has 0 saturated carbocycles. The van der Waals surface area contributed by atoms with Crippen molar-refractivity contribution in [1.82, 2.24) is 0 Å². The predicted octanol–water partition coefficient (Wildman–Crippen LogP) is 3.17. The molecule has 0 radical (unpaired) electrons. The van der Waals surface area contributed by atoms with Gasteiger partial charge >= 0.3 is 12.1 Å². The molecule has 0 aliphatic heterocycles. The van der Waals surface area contributed by atoms with Crippen LogP contribution in [-0.4, -0.2) is 11.1 Å². The molecule has 14 heavy (non-hydrogen) atoms. The van der Waals surface area contributed by atoms with E-state index >= 15 is 0 Å². The molecule has 0 aromatic heterocycles. The lowest BCUT2D eigenvalue weighted by atomic mass is 10.1. The summed E-state index contributed by atoms with van der Waals surface area (Å²) in [6, 6.07) is 3.30. The van der Waals surface area contributed by atoms with Gasteiger partial charge < -0.3 is 5.11 Å². The molecule has 0 atom stereocenters. The van der Waals surface area contributed by atoms with Gasteiger partial charge in [-0.2, -0.15) is 13.2 Å². The van der Waals surface area contributed by atoms with Gasteiger partial charge in [0.25, 0.3) is 0 Å². The number of alkyl halides is 3. The van der Waals surface area contributed by atoms with Crippen molar-refractivity contribution in [3.8, 4) is 0 Å². The molecule has 0 spiro atoms. The van der Waals surface area contributed by atoms with Crippen LogP contribution in [0.5, 0.6) is 0 Å². The van der Waals surface area contributed by atoms with Crippen LogP contribution >= 0.6 is 15.9 Å². The normalized spacial score (nSPS) is 11.4. The molecule has 0 bridgehead atoms. The van der Waals surface area contributed by atoms with Crippen LogP contribution in [0.1, 0.15) is 15.9 Å². The largest absolute Gasteiger partial charge is 0.478 e. The third kappa shape index (κ3) is 2.06. The van der Waals surface area contributed by atoms with Gasteiger partial charge in [0.1, 0.15) is 0 Å². The van der Waals surface area contributed by atoms with Gasteiger partial charge in [-0.05, 0) is 12.1 Å². The molecule has 1 aromatic carbocycles. The lowest BCUT2D eigenvalue weighted by Gasteiger charge is -2.11. The van der Waals surface area contributed by atoms with Gasteiger partial charge in [-0.25, -0.2) is 4.79 Å². The Labute approximate surface area is 85.5 Å². The van der Waals surface area contributed by atoms with Crippen LogP contribution in [0.25, 0.3) is 0 Å². The summed E-state index contributed by atoms with van der Waals surface area (Å²) in [5.41, 5.74) is -1.92. The SMILES string of the molecule is O=C(O)c1cccc(Br)c1C(F)(F)F. The maximum absolute atomic E-state index is 12.4. The summed E-state index contributed by atoms with van der Waals surface area (Å²) in [6.07, 6.45) is -4.67. The van der Waals surface area contributed by atoms with Gasteiger partial charge in [0.15, 0.2) is 0 Å². The number of benzene rings is 1. The smallest absolute Gasteiger partial charge is 0.418 e. The molecule has 6 heteroatoms. The first-order valence-electron chi connectivity index (χ1n) is 3.43. The number of halogens is 4. The third-order valence-corrected chi connectivity index (χ3v) is 2.19. The summed E-state index contributed by atoms with van der Waals surface area (Å²) >= 11 is 2.67. The number of hydrogen-bond donors (Lipinski definition) is 1. The Morgan fingerprint density at radius 3 is 2.29 bits per heavy atom. The van der Waals surface area contributed by atoms with Crippen molar-refractivity contribution in [3.05, 3.63) is 33.8 Å². The van der Waals surface area contributed by atoms with Crippen LogP contribution < -0.4 is 0 Å². The summed E-state index contributed by atoms with van der Waals surface area (Å²) in [5, 5.41) is 8.53. The highest BCUT2D eigenvalue weighted by Gasteiger charge is 2.37. The molecule has 0 unspecified atom stereocenters. The van der Waals surface area contributed by atoms with Crippen molar-refractivity contribution >= 4 is 21.9 Å². The number of aromatic carboxylic acids is 1. The van der Waals surface area contributed by atoms with Crippen molar-refractivity contribution in [1.29, 1.82) is 0 Å². The van der Waals surface area contributed by atoms with Crippen LogP contribution in [0.2, 0.25) is 0 Å². The Morgan fingerprint density at radius 2 is 1.93 bits per heavy atom. The van der Waals surface area contributed by atoms with E-state index in [0.717, 1.165) is 12.1 Å². The number of carboxylic acids is 1. The Morgan fingerprint density at radius 1 is 1.36 bits per heavy atom. The minimum absolute atomic E-state index is 0.273. The highest BCUT2D eigenvalue weighted by Crippen LogP contribution is 2.37. The third-order valence-electron chi connectivity index (χ3n) is 1.53. The first-order valence-corrected chi connectivity index (χ1v) is 4.22. The lowest BCUT2D eigenvalue weighted by molar-refractivity contribution is -0.138. The molecule has 1 N–H and O–H groups in total. The van der Waals surface area contributed by atoms with Gasteiger partial charge in [0, 0.05) is 4.47 Å². The summed E-state index contributed by atoms with van der Waals surface area (Å²) in [7, 11) is 0. The number of hydrogen-bond acceptors (Lipinski definition) is 1. The zero-order valence-electron chi connectivity index (χ0n) is 6.60. The van der Waals surface area contributed by atoms with Crippen molar-refractivity contribution in [2.75, 3.05) is 0 Å². The van der Waals surface area contributed by atoms with Gasteiger partial charge in [-0.15, -0.1) is 0 Å². The maximum Gasteiger partial charge on any atom is 0.418 e. The quantitative estimate of drug-likeness (QED) is 0.850. The molecule has 0 saturated heterocycles. The number of carboxylic acid groups (broad SMARTS) is 1. The van der Waals surface area contributed by atoms with Gasteiger partial charge in [0.2, 0.25) is 0 Å². The van der Waals surface area contributed by atoms with Crippen LogP contribution in [0.15, 0.2) is 22.7 Å². The maximum atomic E-state index is 12.4. The van der Waals surface area contributed by atoms with E-state index in [4.69, 9.17) is 5.11 Å². The van der Waals surface area contributed by atoms with Crippen LogP contribution in [-0.2, 0) is 6.18 Å². The molecular formula is C8H4BrF3O2. The molecule has 0 amide bonds. The van der Waals surface area contributed by atoms with Gasteiger partial charge in [0.05, 0.1) is 11.1 Å². The zero-order valence-corrected chi connectivity index (χ0v) is 8.19. The molecule has 1 aromatic rings. The summed E-state index contributed by atoms with van der Waals surface area (Å²) in [5.74, 6) is -1.60. The highest BCUT2D eigenvalue weighted by molar-refractivity contribution is 9.10. The van der Waals surface area contributed by atoms with Crippen LogP contribution in [0, 0.1) is 0 Å². The molecule has 0 aliphatic carbocycles. The standard InChI is InChI=1S/C8H4BrF3O2/c9-5-3-1-2-4(7(13)14)6(5)8(10,11)12/h1-3H,(H,13,14). The Bertz CT molecular complexity index is 373. The minimum Gasteiger partial charge on any atom is -0.478 e. The Hall–Kier alpha value is -1.04. The molecule has 2 nitrogen and oxygen atoms in total. The minimum atomic E-state index is -4.67. The van der Waals surface area contributed by atoms with E-state index in [1.807, 2.05) is 0 Å². The van der Waals surface area contributed by atoms with Crippen LogP contribution in [0.3, 0.4) is 0 Å². The van der Waals surface area contributed by atoms with E-state index in [1.54, 1.807) is 0 Å². The molecule has 0 heterocycles. The lowest BCUT2D eigenvalue weighted by Crippen LogP contribution is -2.13. The monoisotopic (exact) mass is 268 g/mol. The molecule has 0 aliphatic rings. The molecular weight excluding hydrogens is 265 g/mol. The fraction of sp³-hybridized carbons (Fsp3) is 0.125. The Balaban J connectivity index is 3.45. The molecule has 76 valence electrons. The molecule has 1 rings (SSSR count). The van der Waals surface area contributed by atoms with E-state index in [1.165, 1.54) is 6.07 Å². The van der Waals surface area contributed by atoms with E-state index in [-0.39, 0.29) is 4.47 Å². The van der Waals surface area contributed by atoms with Crippen molar-refractivity contribution in [2.24, 2.45) is 0 Å². The first kappa shape index (κ1) is 11.0. The second-order valence-corrected chi connectivity index (χ2v) is 3.32.